The SMILES string of the molecule is CCC(c1cccc(N)c1)C(C)C(=O)N(CC)CC. The van der Waals surface area contributed by atoms with Crippen molar-refractivity contribution in [2.24, 2.45) is 5.92 Å². The van der Waals surface area contributed by atoms with Gasteiger partial charge in [0.25, 0.3) is 0 Å². The van der Waals surface area contributed by atoms with Gasteiger partial charge in [-0.05, 0) is 43.9 Å². The molecule has 1 amide bonds. The quantitative estimate of drug-likeness (QED) is 0.800. The maximum Gasteiger partial charge on any atom is 0.225 e. The number of nitrogens with zero attached hydrogens (tertiary/aromatic N) is 1. The monoisotopic (exact) mass is 262 g/mol. The Morgan fingerprint density at radius 2 is 1.89 bits per heavy atom. The number of carbonyl (C=O) groups is 1. The zero-order valence-corrected chi connectivity index (χ0v) is 12.5. The van der Waals surface area contributed by atoms with E-state index in [1.165, 1.54) is 0 Å². The van der Waals surface area contributed by atoms with E-state index in [4.69, 9.17) is 5.73 Å². The molecule has 2 unspecified atom stereocenters. The van der Waals surface area contributed by atoms with Crippen molar-refractivity contribution in [3.63, 3.8) is 0 Å². The number of rotatable bonds is 6. The van der Waals surface area contributed by atoms with Gasteiger partial charge in [0.2, 0.25) is 5.91 Å². The largest absolute Gasteiger partial charge is 0.399 e. The Morgan fingerprint density at radius 1 is 1.26 bits per heavy atom. The van der Waals surface area contributed by atoms with Crippen molar-refractivity contribution in [1.29, 1.82) is 0 Å². The van der Waals surface area contributed by atoms with E-state index in [9.17, 15) is 4.79 Å². The Kier molecular flexibility index (Phi) is 5.87. The predicted octanol–water partition coefficient (Wildman–Crippen LogP) is 3.27. The van der Waals surface area contributed by atoms with Crippen molar-refractivity contribution in [2.45, 2.75) is 40.0 Å². The zero-order chi connectivity index (χ0) is 14.4. The van der Waals surface area contributed by atoms with Crippen LogP contribution in [0.15, 0.2) is 24.3 Å². The summed E-state index contributed by atoms with van der Waals surface area (Å²) in [6.45, 7) is 9.74. The number of carbonyl (C=O) groups excluding carboxylic acids is 1. The Morgan fingerprint density at radius 3 is 2.37 bits per heavy atom. The van der Waals surface area contributed by atoms with Gasteiger partial charge in [-0.3, -0.25) is 4.79 Å². The topological polar surface area (TPSA) is 46.3 Å². The maximum atomic E-state index is 12.5. The summed E-state index contributed by atoms with van der Waals surface area (Å²) >= 11 is 0. The van der Waals surface area contributed by atoms with Crippen molar-refractivity contribution in [1.82, 2.24) is 4.90 Å². The third-order valence-electron chi connectivity index (χ3n) is 3.85. The lowest BCUT2D eigenvalue weighted by Gasteiger charge is -2.28. The third kappa shape index (κ3) is 3.72. The third-order valence-corrected chi connectivity index (χ3v) is 3.85. The van der Waals surface area contributed by atoms with Crippen molar-refractivity contribution in [3.8, 4) is 0 Å². The van der Waals surface area contributed by atoms with Crippen LogP contribution in [0, 0.1) is 5.92 Å². The molecule has 0 heterocycles. The number of anilines is 1. The van der Waals surface area contributed by atoms with E-state index in [1.807, 2.05) is 43.9 Å². The molecule has 2 N–H and O–H groups in total. The first kappa shape index (κ1) is 15.5. The minimum Gasteiger partial charge on any atom is -0.399 e. The van der Waals surface area contributed by atoms with Gasteiger partial charge in [-0.1, -0.05) is 26.0 Å². The Balaban J connectivity index is 2.93. The second-order valence-electron chi connectivity index (χ2n) is 4.98. The van der Waals surface area contributed by atoms with Crippen LogP contribution in [0.1, 0.15) is 45.6 Å². The lowest BCUT2D eigenvalue weighted by Crippen LogP contribution is -2.37. The molecule has 3 heteroatoms. The molecule has 0 radical (unpaired) electrons. The molecule has 0 bridgehead atoms. The van der Waals surface area contributed by atoms with Crippen LogP contribution in [0.25, 0.3) is 0 Å². The second-order valence-corrected chi connectivity index (χ2v) is 4.98. The predicted molar refractivity (Wildman–Crippen MR) is 81.0 cm³/mol. The van der Waals surface area contributed by atoms with E-state index in [-0.39, 0.29) is 17.7 Å². The van der Waals surface area contributed by atoms with Crippen molar-refractivity contribution >= 4 is 11.6 Å². The Labute approximate surface area is 116 Å². The molecule has 1 rings (SSSR count). The Bertz CT molecular complexity index is 413. The number of nitrogens with two attached hydrogens (primary N) is 1. The van der Waals surface area contributed by atoms with Gasteiger partial charge in [0, 0.05) is 24.7 Å². The minimum absolute atomic E-state index is 0.00769. The highest BCUT2D eigenvalue weighted by atomic mass is 16.2. The number of benzene rings is 1. The molecular formula is C16H26N2O. The lowest BCUT2D eigenvalue weighted by molar-refractivity contribution is -0.135. The summed E-state index contributed by atoms with van der Waals surface area (Å²) in [4.78, 5) is 14.4. The first-order chi connectivity index (χ1) is 9.04. The van der Waals surface area contributed by atoms with Crippen LogP contribution in [0.4, 0.5) is 5.69 Å². The van der Waals surface area contributed by atoms with Crippen LogP contribution >= 0.6 is 0 Å². The second kappa shape index (κ2) is 7.17. The zero-order valence-electron chi connectivity index (χ0n) is 12.5. The molecule has 3 nitrogen and oxygen atoms in total. The van der Waals surface area contributed by atoms with E-state index in [0.29, 0.717) is 0 Å². The highest BCUT2D eigenvalue weighted by molar-refractivity contribution is 5.79. The number of hydrogen-bond acceptors (Lipinski definition) is 2. The lowest BCUT2D eigenvalue weighted by atomic mass is 9.84. The first-order valence-corrected chi connectivity index (χ1v) is 7.19. The van der Waals surface area contributed by atoms with Gasteiger partial charge < -0.3 is 10.6 Å². The van der Waals surface area contributed by atoms with Gasteiger partial charge in [0.1, 0.15) is 0 Å². The fourth-order valence-corrected chi connectivity index (χ4v) is 2.66. The molecule has 0 fully saturated rings. The van der Waals surface area contributed by atoms with E-state index in [2.05, 4.69) is 13.0 Å². The minimum atomic E-state index is -0.00769. The molecule has 19 heavy (non-hydrogen) atoms. The highest BCUT2D eigenvalue weighted by Crippen LogP contribution is 2.30. The van der Waals surface area contributed by atoms with Crippen LogP contribution in [0.5, 0.6) is 0 Å². The molecule has 0 saturated carbocycles. The molecule has 106 valence electrons. The summed E-state index contributed by atoms with van der Waals surface area (Å²) in [5.74, 6) is 0.461. The number of hydrogen-bond donors (Lipinski definition) is 1. The van der Waals surface area contributed by atoms with Gasteiger partial charge in [0.15, 0.2) is 0 Å². The molecule has 0 aromatic heterocycles. The summed E-state index contributed by atoms with van der Waals surface area (Å²) in [7, 11) is 0. The molecule has 0 aliphatic heterocycles. The van der Waals surface area contributed by atoms with E-state index in [0.717, 1.165) is 30.8 Å². The van der Waals surface area contributed by atoms with Crippen LogP contribution in [-0.2, 0) is 4.79 Å². The average Bonchev–Trinajstić information content (AvgIpc) is 2.40. The number of amides is 1. The van der Waals surface area contributed by atoms with Crippen molar-refractivity contribution < 1.29 is 4.79 Å². The van der Waals surface area contributed by atoms with Crippen LogP contribution < -0.4 is 5.73 Å². The molecule has 0 spiro atoms. The molecule has 1 aromatic carbocycles. The van der Waals surface area contributed by atoms with Crippen LogP contribution in [0.2, 0.25) is 0 Å². The molecule has 0 aliphatic carbocycles. The van der Waals surface area contributed by atoms with Gasteiger partial charge in [-0.25, -0.2) is 0 Å². The summed E-state index contributed by atoms with van der Waals surface area (Å²) in [6, 6.07) is 7.89. The average molecular weight is 262 g/mol. The summed E-state index contributed by atoms with van der Waals surface area (Å²) in [6.07, 6.45) is 0.942. The van der Waals surface area contributed by atoms with Gasteiger partial charge in [0.05, 0.1) is 0 Å². The standard InChI is InChI=1S/C16H26N2O/c1-5-15(13-9-8-10-14(17)11-13)12(4)16(19)18(6-2)7-3/h8-12,15H,5-7,17H2,1-4H3. The maximum absolute atomic E-state index is 12.5. The van der Waals surface area contributed by atoms with Gasteiger partial charge in [-0.2, -0.15) is 0 Å². The first-order valence-electron chi connectivity index (χ1n) is 7.19. The van der Waals surface area contributed by atoms with Crippen molar-refractivity contribution in [3.05, 3.63) is 29.8 Å². The van der Waals surface area contributed by atoms with E-state index < -0.39 is 0 Å². The molecular weight excluding hydrogens is 236 g/mol. The van der Waals surface area contributed by atoms with Gasteiger partial charge in [-0.15, -0.1) is 0 Å². The molecule has 2 atom stereocenters. The van der Waals surface area contributed by atoms with E-state index >= 15 is 0 Å². The summed E-state index contributed by atoms with van der Waals surface area (Å²) in [5.41, 5.74) is 7.77. The number of nitrogen functional groups attached to an aromatic ring is 1. The van der Waals surface area contributed by atoms with Crippen molar-refractivity contribution in [2.75, 3.05) is 18.8 Å². The normalized spacial score (nSPS) is 13.9. The Hall–Kier alpha value is -1.51. The highest BCUT2D eigenvalue weighted by Gasteiger charge is 2.26. The van der Waals surface area contributed by atoms with Crippen LogP contribution in [-0.4, -0.2) is 23.9 Å². The fourth-order valence-electron chi connectivity index (χ4n) is 2.66. The van der Waals surface area contributed by atoms with E-state index in [1.54, 1.807) is 0 Å². The smallest absolute Gasteiger partial charge is 0.225 e. The summed E-state index contributed by atoms with van der Waals surface area (Å²) < 4.78 is 0. The van der Waals surface area contributed by atoms with Crippen LogP contribution in [0.3, 0.4) is 0 Å². The fraction of sp³-hybridized carbons (Fsp3) is 0.562. The molecule has 1 aromatic rings. The molecule has 0 aliphatic rings. The summed E-state index contributed by atoms with van der Waals surface area (Å²) in [5, 5.41) is 0. The molecule has 0 saturated heterocycles. The van der Waals surface area contributed by atoms with Gasteiger partial charge >= 0.3 is 0 Å².